The Bertz CT molecular complexity index is 207. The van der Waals surface area contributed by atoms with Gasteiger partial charge in [0.05, 0.1) is 0 Å². The molecule has 88 valence electrons. The topological polar surface area (TPSA) is 29.5 Å². The minimum atomic E-state index is -0.344. The minimum Gasteiger partial charge on any atom is -0.251 e. The van der Waals surface area contributed by atoms with E-state index in [4.69, 9.17) is 10.1 Å². The molecule has 0 spiro atoms. The summed E-state index contributed by atoms with van der Waals surface area (Å²) >= 11 is 0. The van der Waals surface area contributed by atoms with Gasteiger partial charge in [0, 0.05) is 0 Å². The van der Waals surface area contributed by atoms with E-state index in [2.05, 4.69) is 27.4 Å². The highest BCUT2D eigenvalue weighted by Gasteiger charge is 2.39. The predicted molar refractivity (Wildman–Crippen MR) is 62.7 cm³/mol. The summed E-state index contributed by atoms with van der Waals surface area (Å²) < 4.78 is 0. The molecule has 1 saturated carbocycles. The Kier molecular flexibility index (Phi) is 3.96. The maximum atomic E-state index is 9.01. The third kappa shape index (κ3) is 3.05. The fourth-order valence-electron chi connectivity index (χ4n) is 2.61. The van der Waals surface area contributed by atoms with Crippen LogP contribution in [0, 0.1) is 11.3 Å². The van der Waals surface area contributed by atoms with Gasteiger partial charge < -0.3 is 0 Å². The van der Waals surface area contributed by atoms with Crippen LogP contribution in [0.1, 0.15) is 52.9 Å². The molecule has 0 unspecified atom stereocenters. The van der Waals surface area contributed by atoms with Crippen LogP contribution in [0.2, 0.25) is 0 Å². The van der Waals surface area contributed by atoms with Crippen molar-refractivity contribution in [3.8, 4) is 0 Å². The molecule has 1 aliphatic rings. The normalized spacial score (nSPS) is 32.7. The maximum absolute atomic E-state index is 9.01. The molecule has 0 saturated heterocycles. The lowest BCUT2D eigenvalue weighted by molar-refractivity contribution is -0.332. The fraction of sp³-hybridized carbons (Fsp3) is 0.846. The molecule has 2 heteroatoms. The Morgan fingerprint density at radius 3 is 2.27 bits per heavy atom. The van der Waals surface area contributed by atoms with E-state index in [9.17, 15) is 0 Å². The Hall–Kier alpha value is -0.340. The van der Waals surface area contributed by atoms with Crippen LogP contribution in [0.4, 0.5) is 0 Å². The standard InChI is InChI=1S/C13H24O2/c1-5-8-13(15-14)9-6-11(7-10-13)12(2,3)4/h5,11,14H,1,6-10H2,2-4H3. The molecule has 15 heavy (non-hydrogen) atoms. The molecule has 1 fully saturated rings. The van der Waals surface area contributed by atoms with Crippen LogP contribution >= 0.6 is 0 Å². The first-order valence-corrected chi connectivity index (χ1v) is 5.87. The van der Waals surface area contributed by atoms with Gasteiger partial charge in [-0.15, -0.1) is 6.58 Å². The third-order valence-electron chi connectivity index (χ3n) is 3.83. The molecule has 0 amide bonds. The number of hydrogen-bond acceptors (Lipinski definition) is 2. The molecule has 0 bridgehead atoms. The van der Waals surface area contributed by atoms with Crippen LogP contribution in [0.3, 0.4) is 0 Å². The number of rotatable bonds is 3. The molecule has 0 heterocycles. The monoisotopic (exact) mass is 212 g/mol. The van der Waals surface area contributed by atoms with E-state index in [1.54, 1.807) is 0 Å². The summed E-state index contributed by atoms with van der Waals surface area (Å²) in [6.45, 7) is 10.6. The van der Waals surface area contributed by atoms with Crippen molar-refractivity contribution in [3.05, 3.63) is 12.7 Å². The van der Waals surface area contributed by atoms with E-state index in [1.807, 2.05) is 6.08 Å². The summed E-state index contributed by atoms with van der Waals surface area (Å²) in [6.07, 6.45) is 6.75. The highest BCUT2D eigenvalue weighted by atomic mass is 17.1. The van der Waals surface area contributed by atoms with Crippen LogP contribution in [-0.4, -0.2) is 10.9 Å². The van der Waals surface area contributed by atoms with Crippen LogP contribution in [-0.2, 0) is 4.89 Å². The summed E-state index contributed by atoms with van der Waals surface area (Å²) in [5.41, 5.74) is 0.0271. The van der Waals surface area contributed by atoms with Gasteiger partial charge in [0.2, 0.25) is 0 Å². The molecule has 0 aromatic heterocycles. The van der Waals surface area contributed by atoms with Crippen molar-refractivity contribution in [2.75, 3.05) is 0 Å². The third-order valence-corrected chi connectivity index (χ3v) is 3.83. The molecule has 0 aliphatic heterocycles. The molecule has 0 aromatic rings. The molecular formula is C13H24O2. The molecule has 1 rings (SSSR count). The Balaban J connectivity index is 2.57. The second-order valence-electron chi connectivity index (χ2n) is 5.91. The average molecular weight is 212 g/mol. The van der Waals surface area contributed by atoms with Crippen molar-refractivity contribution in [3.63, 3.8) is 0 Å². The molecule has 0 aromatic carbocycles. The van der Waals surface area contributed by atoms with Crippen molar-refractivity contribution >= 4 is 0 Å². The van der Waals surface area contributed by atoms with E-state index in [0.29, 0.717) is 5.41 Å². The molecular weight excluding hydrogens is 188 g/mol. The van der Waals surface area contributed by atoms with E-state index in [-0.39, 0.29) is 5.60 Å². The molecule has 2 nitrogen and oxygen atoms in total. The predicted octanol–water partition coefficient (Wildman–Crippen LogP) is 4.03. The first kappa shape index (κ1) is 12.7. The van der Waals surface area contributed by atoms with E-state index < -0.39 is 0 Å². The maximum Gasteiger partial charge on any atom is 0.107 e. The molecule has 1 aliphatic carbocycles. The van der Waals surface area contributed by atoms with E-state index >= 15 is 0 Å². The van der Waals surface area contributed by atoms with Crippen LogP contribution in [0.25, 0.3) is 0 Å². The van der Waals surface area contributed by atoms with Gasteiger partial charge in [0.1, 0.15) is 5.60 Å². The largest absolute Gasteiger partial charge is 0.251 e. The second-order valence-corrected chi connectivity index (χ2v) is 5.91. The molecule has 0 radical (unpaired) electrons. The lowest BCUT2D eigenvalue weighted by atomic mass is 9.68. The van der Waals surface area contributed by atoms with Crippen LogP contribution < -0.4 is 0 Å². The average Bonchev–Trinajstić information content (AvgIpc) is 2.17. The summed E-state index contributed by atoms with van der Waals surface area (Å²) in [5, 5.41) is 9.01. The van der Waals surface area contributed by atoms with Crippen molar-refractivity contribution < 1.29 is 10.1 Å². The van der Waals surface area contributed by atoms with Gasteiger partial charge in [-0.2, -0.15) is 0 Å². The van der Waals surface area contributed by atoms with Gasteiger partial charge in [-0.3, -0.25) is 5.26 Å². The first-order chi connectivity index (χ1) is 6.93. The lowest BCUT2D eigenvalue weighted by Gasteiger charge is -2.41. The Morgan fingerprint density at radius 2 is 1.93 bits per heavy atom. The van der Waals surface area contributed by atoms with Gasteiger partial charge in [0.15, 0.2) is 0 Å². The van der Waals surface area contributed by atoms with E-state index in [0.717, 1.165) is 38.0 Å². The van der Waals surface area contributed by atoms with Gasteiger partial charge in [-0.25, -0.2) is 4.89 Å². The van der Waals surface area contributed by atoms with Crippen molar-refractivity contribution in [1.29, 1.82) is 0 Å². The summed E-state index contributed by atoms with van der Waals surface area (Å²) in [6, 6.07) is 0. The van der Waals surface area contributed by atoms with Gasteiger partial charge in [0.25, 0.3) is 0 Å². The zero-order valence-corrected chi connectivity index (χ0v) is 10.3. The van der Waals surface area contributed by atoms with Crippen molar-refractivity contribution in [1.82, 2.24) is 0 Å². The Labute approximate surface area is 93.3 Å². The zero-order chi connectivity index (χ0) is 11.5. The van der Waals surface area contributed by atoms with Gasteiger partial charge >= 0.3 is 0 Å². The van der Waals surface area contributed by atoms with Crippen LogP contribution in [0.15, 0.2) is 12.7 Å². The lowest BCUT2D eigenvalue weighted by Crippen LogP contribution is -2.38. The summed E-state index contributed by atoms with van der Waals surface area (Å²) in [4.78, 5) is 4.71. The Morgan fingerprint density at radius 1 is 1.40 bits per heavy atom. The second kappa shape index (κ2) is 4.67. The summed E-state index contributed by atoms with van der Waals surface area (Å²) in [7, 11) is 0. The van der Waals surface area contributed by atoms with Crippen LogP contribution in [0.5, 0.6) is 0 Å². The van der Waals surface area contributed by atoms with Crippen molar-refractivity contribution in [2.24, 2.45) is 11.3 Å². The highest BCUT2D eigenvalue weighted by molar-refractivity contribution is 4.93. The zero-order valence-electron chi connectivity index (χ0n) is 10.3. The first-order valence-electron chi connectivity index (χ1n) is 5.87. The molecule has 0 atom stereocenters. The SMILES string of the molecule is C=CCC1(OO)CCC(C(C)(C)C)CC1. The quantitative estimate of drug-likeness (QED) is 0.435. The van der Waals surface area contributed by atoms with E-state index in [1.165, 1.54) is 0 Å². The highest BCUT2D eigenvalue weighted by Crippen LogP contribution is 2.43. The smallest absolute Gasteiger partial charge is 0.107 e. The van der Waals surface area contributed by atoms with Crippen molar-refractivity contribution in [2.45, 2.75) is 58.5 Å². The van der Waals surface area contributed by atoms with Gasteiger partial charge in [-0.05, 0) is 43.4 Å². The molecule has 1 N–H and O–H groups in total. The fourth-order valence-corrected chi connectivity index (χ4v) is 2.61. The minimum absolute atomic E-state index is 0.344. The number of hydrogen-bond donors (Lipinski definition) is 1. The summed E-state index contributed by atoms with van der Waals surface area (Å²) in [5.74, 6) is 0.741. The van der Waals surface area contributed by atoms with Gasteiger partial charge in [-0.1, -0.05) is 26.8 Å².